The second-order valence-corrected chi connectivity index (χ2v) is 10.5. The molecule has 3 N–H and O–H groups in total. The number of carbonyl (C=O) groups excluding carboxylic acids is 1. The summed E-state index contributed by atoms with van der Waals surface area (Å²) in [5, 5.41) is 19.6. The zero-order valence-electron chi connectivity index (χ0n) is 22.6. The number of aliphatic hydroxyl groups is 1. The van der Waals surface area contributed by atoms with Crippen molar-refractivity contribution in [1.29, 1.82) is 0 Å². The number of aliphatic hydroxyl groups excluding tert-OH is 1. The predicted molar refractivity (Wildman–Crippen MR) is 152 cm³/mol. The molecule has 1 unspecified atom stereocenters. The first-order valence-corrected chi connectivity index (χ1v) is 13.3. The molecular formula is C31H34N4O4. The zero-order chi connectivity index (χ0) is 27.7. The number of likely N-dealkylation sites (N-methyl/N-ethyl adjacent to an activating group) is 1. The summed E-state index contributed by atoms with van der Waals surface area (Å²) >= 11 is 0. The van der Waals surface area contributed by atoms with E-state index >= 15 is 0 Å². The summed E-state index contributed by atoms with van der Waals surface area (Å²) in [6.07, 6.45) is 4.32. The van der Waals surface area contributed by atoms with E-state index in [1.165, 1.54) is 21.6 Å². The normalized spacial score (nSPS) is 14.3. The molecule has 1 aliphatic rings. The lowest BCUT2D eigenvalue weighted by molar-refractivity contribution is -0.137. The SMILES string of the molecule is Cc1cc(-c2cnc3[nH]cc(-c4ccc(C(=O)N(C)CC(C)O)cc4)c3c2)cc2c1CN(CCC(=O)O)CC2. The van der Waals surface area contributed by atoms with Crippen molar-refractivity contribution in [2.45, 2.75) is 39.3 Å². The molecule has 0 fully saturated rings. The molecule has 1 atom stereocenters. The van der Waals surface area contributed by atoms with Crippen molar-refractivity contribution in [3.63, 3.8) is 0 Å². The number of H-pyrrole nitrogens is 1. The number of pyridine rings is 1. The van der Waals surface area contributed by atoms with Gasteiger partial charge in [0.05, 0.1) is 12.5 Å². The number of aryl methyl sites for hydroxylation is 1. The van der Waals surface area contributed by atoms with E-state index in [4.69, 9.17) is 10.1 Å². The van der Waals surface area contributed by atoms with Gasteiger partial charge in [-0.25, -0.2) is 4.98 Å². The van der Waals surface area contributed by atoms with Crippen LogP contribution in [0.25, 0.3) is 33.3 Å². The number of nitrogens with zero attached hydrogens (tertiary/aromatic N) is 3. The number of nitrogens with one attached hydrogen (secondary N) is 1. The van der Waals surface area contributed by atoms with E-state index in [0.717, 1.165) is 52.8 Å². The third-order valence-electron chi connectivity index (χ3n) is 7.48. The molecule has 0 bridgehead atoms. The highest BCUT2D eigenvalue weighted by Gasteiger charge is 2.20. The highest BCUT2D eigenvalue weighted by atomic mass is 16.4. The molecule has 8 nitrogen and oxygen atoms in total. The van der Waals surface area contributed by atoms with Crippen LogP contribution in [0, 0.1) is 6.92 Å². The minimum atomic E-state index is -0.760. The summed E-state index contributed by atoms with van der Waals surface area (Å²) < 4.78 is 0. The average molecular weight is 527 g/mol. The van der Waals surface area contributed by atoms with Crippen molar-refractivity contribution in [3.8, 4) is 22.3 Å². The Labute approximate surface area is 227 Å². The van der Waals surface area contributed by atoms with Gasteiger partial charge in [-0.3, -0.25) is 14.5 Å². The fourth-order valence-corrected chi connectivity index (χ4v) is 5.42. The van der Waals surface area contributed by atoms with Crippen LogP contribution in [-0.4, -0.2) is 74.6 Å². The number of aromatic nitrogens is 2. The molecule has 8 heteroatoms. The fourth-order valence-electron chi connectivity index (χ4n) is 5.42. The Morgan fingerprint density at radius 2 is 1.90 bits per heavy atom. The van der Waals surface area contributed by atoms with Crippen molar-refractivity contribution in [2.75, 3.05) is 26.7 Å². The first-order chi connectivity index (χ1) is 18.7. The van der Waals surface area contributed by atoms with Gasteiger partial charge in [0.2, 0.25) is 0 Å². The van der Waals surface area contributed by atoms with Gasteiger partial charge >= 0.3 is 5.97 Å². The monoisotopic (exact) mass is 526 g/mol. The first kappa shape index (κ1) is 26.6. The number of benzene rings is 2. The molecule has 3 heterocycles. The maximum Gasteiger partial charge on any atom is 0.304 e. The number of hydrogen-bond acceptors (Lipinski definition) is 5. The molecule has 0 radical (unpaired) electrons. The molecular weight excluding hydrogens is 492 g/mol. The first-order valence-electron chi connectivity index (χ1n) is 13.3. The van der Waals surface area contributed by atoms with Crippen molar-refractivity contribution in [3.05, 3.63) is 77.1 Å². The van der Waals surface area contributed by atoms with Gasteiger partial charge in [0.25, 0.3) is 5.91 Å². The molecule has 0 aliphatic carbocycles. The van der Waals surface area contributed by atoms with Gasteiger partial charge in [-0.05, 0) is 66.3 Å². The number of rotatable bonds is 8. The minimum Gasteiger partial charge on any atom is -0.481 e. The van der Waals surface area contributed by atoms with E-state index < -0.39 is 12.1 Å². The summed E-state index contributed by atoms with van der Waals surface area (Å²) in [5.41, 5.74) is 9.34. The molecule has 1 amide bonds. The number of carboxylic acids is 1. The van der Waals surface area contributed by atoms with Crippen LogP contribution in [0.4, 0.5) is 0 Å². The molecule has 0 saturated heterocycles. The van der Waals surface area contributed by atoms with Crippen LogP contribution in [0.5, 0.6) is 0 Å². The maximum absolute atomic E-state index is 12.7. The molecule has 202 valence electrons. The Hall–Kier alpha value is -4.01. The highest BCUT2D eigenvalue weighted by molar-refractivity contribution is 5.98. The van der Waals surface area contributed by atoms with Gasteiger partial charge in [-0.15, -0.1) is 0 Å². The Bertz CT molecular complexity index is 1520. The number of carbonyl (C=O) groups is 2. The van der Waals surface area contributed by atoms with Gasteiger partial charge in [0.15, 0.2) is 0 Å². The molecule has 4 aromatic rings. The lowest BCUT2D eigenvalue weighted by atomic mass is 9.91. The molecule has 0 saturated carbocycles. The van der Waals surface area contributed by atoms with Crippen molar-refractivity contribution in [2.24, 2.45) is 0 Å². The summed E-state index contributed by atoms with van der Waals surface area (Å²) in [4.78, 5) is 35.4. The second-order valence-electron chi connectivity index (χ2n) is 10.5. The van der Waals surface area contributed by atoms with Crippen LogP contribution >= 0.6 is 0 Å². The largest absolute Gasteiger partial charge is 0.481 e. The Kier molecular flexibility index (Phi) is 7.50. The van der Waals surface area contributed by atoms with Crippen LogP contribution in [0.3, 0.4) is 0 Å². The topological polar surface area (TPSA) is 110 Å². The van der Waals surface area contributed by atoms with Crippen LogP contribution in [0.1, 0.15) is 40.4 Å². The number of aromatic amines is 1. The summed E-state index contributed by atoms with van der Waals surface area (Å²) in [6, 6.07) is 14.1. The van der Waals surface area contributed by atoms with E-state index in [0.29, 0.717) is 12.1 Å². The minimum absolute atomic E-state index is 0.127. The van der Waals surface area contributed by atoms with Crippen molar-refractivity contribution < 1.29 is 19.8 Å². The molecule has 0 spiro atoms. The Balaban J connectivity index is 1.40. The standard InChI is InChI=1S/C31H34N4O4/c1-19-12-24(13-23-8-10-35(18-28(19)23)11-9-29(37)38)25-14-26-27(16-33-30(26)32-15-25)21-4-6-22(7-5-21)31(39)34(3)17-20(2)36/h4-7,12-16,20,36H,8-11,17-18H2,1-3H3,(H,32,33)(H,37,38). The van der Waals surface area contributed by atoms with Crippen LogP contribution in [0.2, 0.25) is 0 Å². The number of aliphatic carboxylic acids is 1. The Morgan fingerprint density at radius 1 is 1.13 bits per heavy atom. The lowest BCUT2D eigenvalue weighted by Gasteiger charge is -2.30. The number of hydrogen-bond donors (Lipinski definition) is 3. The van der Waals surface area contributed by atoms with Gasteiger partial charge in [-0.1, -0.05) is 24.3 Å². The molecule has 2 aromatic carbocycles. The van der Waals surface area contributed by atoms with Crippen molar-refractivity contribution >= 4 is 22.9 Å². The number of carboxylic acid groups (broad SMARTS) is 1. The smallest absolute Gasteiger partial charge is 0.304 e. The van der Waals surface area contributed by atoms with Gasteiger partial charge < -0.3 is 20.1 Å². The summed E-state index contributed by atoms with van der Waals surface area (Å²) in [7, 11) is 1.69. The highest BCUT2D eigenvalue weighted by Crippen LogP contribution is 2.34. The quantitative estimate of drug-likeness (QED) is 0.312. The molecule has 1 aliphatic heterocycles. The van der Waals surface area contributed by atoms with E-state index in [9.17, 15) is 14.7 Å². The number of fused-ring (bicyclic) bond motifs is 2. The third kappa shape index (κ3) is 5.72. The summed E-state index contributed by atoms with van der Waals surface area (Å²) in [6.45, 7) is 6.27. The van der Waals surface area contributed by atoms with Gasteiger partial charge in [0, 0.05) is 67.7 Å². The van der Waals surface area contributed by atoms with Crippen LogP contribution in [0.15, 0.2) is 54.9 Å². The van der Waals surface area contributed by atoms with Crippen molar-refractivity contribution in [1.82, 2.24) is 19.8 Å². The predicted octanol–water partition coefficient (Wildman–Crippen LogP) is 4.49. The Morgan fingerprint density at radius 3 is 2.62 bits per heavy atom. The third-order valence-corrected chi connectivity index (χ3v) is 7.48. The fraction of sp³-hybridized carbons (Fsp3) is 0.323. The van der Waals surface area contributed by atoms with Crippen LogP contribution in [-0.2, 0) is 17.8 Å². The van der Waals surface area contributed by atoms with Crippen LogP contribution < -0.4 is 0 Å². The average Bonchev–Trinajstić information content (AvgIpc) is 3.34. The molecule has 39 heavy (non-hydrogen) atoms. The second kappa shape index (κ2) is 11.0. The van der Waals surface area contributed by atoms with E-state index in [2.05, 4.69) is 35.0 Å². The molecule has 5 rings (SSSR count). The van der Waals surface area contributed by atoms with E-state index in [1.807, 2.05) is 36.7 Å². The van der Waals surface area contributed by atoms with E-state index in [1.54, 1.807) is 14.0 Å². The van der Waals surface area contributed by atoms with Gasteiger partial charge in [-0.2, -0.15) is 0 Å². The lowest BCUT2D eigenvalue weighted by Crippen LogP contribution is -2.32. The zero-order valence-corrected chi connectivity index (χ0v) is 22.6. The number of amides is 1. The summed E-state index contributed by atoms with van der Waals surface area (Å²) in [5.74, 6) is -0.886. The van der Waals surface area contributed by atoms with Gasteiger partial charge in [0.1, 0.15) is 5.65 Å². The maximum atomic E-state index is 12.7. The molecule has 2 aromatic heterocycles. The van der Waals surface area contributed by atoms with E-state index in [-0.39, 0.29) is 18.9 Å².